The Morgan fingerprint density at radius 2 is 2.10 bits per heavy atom. The van der Waals surface area contributed by atoms with Crippen molar-refractivity contribution < 1.29 is 24.2 Å². The zero-order valence-electron chi connectivity index (χ0n) is 11.8. The van der Waals surface area contributed by atoms with Crippen molar-refractivity contribution in [2.75, 3.05) is 26.3 Å². The summed E-state index contributed by atoms with van der Waals surface area (Å²) >= 11 is 0. The Bertz CT molecular complexity index is 436. The van der Waals surface area contributed by atoms with Gasteiger partial charge in [0.2, 0.25) is 5.91 Å². The van der Waals surface area contributed by atoms with Crippen LogP contribution in [0.2, 0.25) is 0 Å². The van der Waals surface area contributed by atoms with Crippen molar-refractivity contribution in [3.05, 3.63) is 0 Å². The van der Waals surface area contributed by atoms with Crippen LogP contribution in [0, 0.1) is 5.41 Å². The summed E-state index contributed by atoms with van der Waals surface area (Å²) in [5.41, 5.74) is 4.91. The van der Waals surface area contributed by atoms with Gasteiger partial charge in [0.15, 0.2) is 0 Å². The van der Waals surface area contributed by atoms with Crippen LogP contribution in [-0.2, 0) is 14.3 Å². The number of carboxylic acids is 1. The standard InChI is InChI=1S/C13H21N3O5/c14-11(19)9-7-21-5-4-16(9)12(20)15-8-13(2-1-3-13)6-10(17)18/h9H,1-8H2,(H2,14,19)(H,15,20)(H,17,18). The second-order valence-electron chi connectivity index (χ2n) is 5.77. The zero-order chi connectivity index (χ0) is 15.5. The number of urea groups is 1. The molecule has 3 amide bonds. The van der Waals surface area contributed by atoms with Gasteiger partial charge >= 0.3 is 12.0 Å². The number of carbonyl (C=O) groups excluding carboxylic acids is 2. The molecule has 0 spiro atoms. The van der Waals surface area contributed by atoms with Gasteiger partial charge in [-0.05, 0) is 18.3 Å². The van der Waals surface area contributed by atoms with Gasteiger partial charge in [0.1, 0.15) is 6.04 Å². The first-order valence-electron chi connectivity index (χ1n) is 7.07. The second-order valence-corrected chi connectivity index (χ2v) is 5.77. The SMILES string of the molecule is NC(=O)C1COCCN1C(=O)NCC1(CC(=O)O)CCC1. The summed E-state index contributed by atoms with van der Waals surface area (Å²) in [5.74, 6) is -1.46. The summed E-state index contributed by atoms with van der Waals surface area (Å²) in [6, 6.07) is -1.16. The van der Waals surface area contributed by atoms with Crippen LogP contribution in [0.4, 0.5) is 4.79 Å². The molecular weight excluding hydrogens is 278 g/mol. The minimum absolute atomic E-state index is 0.0512. The van der Waals surface area contributed by atoms with E-state index in [2.05, 4.69) is 5.32 Å². The number of morpholine rings is 1. The Hall–Kier alpha value is -1.83. The van der Waals surface area contributed by atoms with Gasteiger partial charge in [-0.2, -0.15) is 0 Å². The molecule has 0 bridgehead atoms. The Labute approximate surface area is 122 Å². The number of carboxylic acid groups (broad SMARTS) is 1. The van der Waals surface area contributed by atoms with E-state index in [1.165, 1.54) is 4.90 Å². The predicted molar refractivity (Wildman–Crippen MR) is 72.4 cm³/mol. The highest BCUT2D eigenvalue weighted by atomic mass is 16.5. The first kappa shape index (κ1) is 15.6. The fourth-order valence-electron chi connectivity index (χ4n) is 2.86. The topological polar surface area (TPSA) is 122 Å². The number of hydrogen-bond donors (Lipinski definition) is 3. The molecule has 1 saturated heterocycles. The number of nitrogens with one attached hydrogen (secondary N) is 1. The van der Waals surface area contributed by atoms with Gasteiger partial charge in [-0.3, -0.25) is 9.59 Å². The highest BCUT2D eigenvalue weighted by Gasteiger charge is 2.40. The minimum atomic E-state index is -0.856. The van der Waals surface area contributed by atoms with Crippen molar-refractivity contribution in [3.63, 3.8) is 0 Å². The van der Waals surface area contributed by atoms with Crippen molar-refractivity contribution in [2.24, 2.45) is 11.1 Å². The summed E-state index contributed by atoms with van der Waals surface area (Å²) in [7, 11) is 0. The largest absolute Gasteiger partial charge is 0.481 e. The lowest BCUT2D eigenvalue weighted by atomic mass is 9.66. The van der Waals surface area contributed by atoms with E-state index in [0.717, 1.165) is 19.3 Å². The third kappa shape index (κ3) is 3.63. The van der Waals surface area contributed by atoms with Gasteiger partial charge in [-0.15, -0.1) is 0 Å². The Kier molecular flexibility index (Phi) is 4.66. The smallest absolute Gasteiger partial charge is 0.318 e. The van der Waals surface area contributed by atoms with E-state index in [9.17, 15) is 14.4 Å². The van der Waals surface area contributed by atoms with Crippen LogP contribution in [0.15, 0.2) is 0 Å². The highest BCUT2D eigenvalue weighted by Crippen LogP contribution is 2.43. The van der Waals surface area contributed by atoms with E-state index in [1.54, 1.807) is 0 Å². The Morgan fingerprint density at radius 3 is 2.62 bits per heavy atom. The number of nitrogens with zero attached hydrogens (tertiary/aromatic N) is 1. The number of rotatable bonds is 5. The van der Waals surface area contributed by atoms with Gasteiger partial charge in [0.25, 0.3) is 0 Å². The van der Waals surface area contributed by atoms with Crippen molar-refractivity contribution in [2.45, 2.75) is 31.7 Å². The lowest BCUT2D eigenvalue weighted by molar-refractivity contribution is -0.141. The molecule has 8 nitrogen and oxygen atoms in total. The van der Waals surface area contributed by atoms with Crippen molar-refractivity contribution in [1.82, 2.24) is 10.2 Å². The predicted octanol–water partition coefficient (Wildman–Crippen LogP) is -0.473. The first-order valence-corrected chi connectivity index (χ1v) is 7.07. The van der Waals surface area contributed by atoms with Crippen LogP contribution in [0.1, 0.15) is 25.7 Å². The molecule has 1 unspecified atom stereocenters. The van der Waals surface area contributed by atoms with E-state index in [1.807, 2.05) is 0 Å². The number of aliphatic carboxylic acids is 1. The molecular formula is C13H21N3O5. The van der Waals surface area contributed by atoms with Crippen molar-refractivity contribution >= 4 is 17.9 Å². The molecule has 0 aromatic rings. The molecule has 1 atom stereocenters. The zero-order valence-corrected chi connectivity index (χ0v) is 11.8. The summed E-state index contributed by atoms with van der Waals surface area (Å²) in [6.07, 6.45) is 2.62. The number of carbonyl (C=O) groups is 3. The third-order valence-corrected chi connectivity index (χ3v) is 4.27. The number of hydrogen-bond acceptors (Lipinski definition) is 4. The molecule has 2 fully saturated rings. The van der Waals surface area contributed by atoms with Crippen LogP contribution >= 0.6 is 0 Å². The van der Waals surface area contributed by atoms with Gasteiger partial charge in [-0.1, -0.05) is 6.42 Å². The monoisotopic (exact) mass is 299 g/mol. The van der Waals surface area contributed by atoms with E-state index in [4.69, 9.17) is 15.6 Å². The van der Waals surface area contributed by atoms with Crippen molar-refractivity contribution in [1.29, 1.82) is 0 Å². The molecule has 0 aromatic heterocycles. The lowest BCUT2D eigenvalue weighted by Crippen LogP contribution is -2.58. The number of primary amides is 1. The van der Waals surface area contributed by atoms with E-state index >= 15 is 0 Å². The number of nitrogens with two attached hydrogens (primary N) is 1. The van der Waals surface area contributed by atoms with Crippen LogP contribution in [0.5, 0.6) is 0 Å². The molecule has 2 rings (SSSR count). The van der Waals surface area contributed by atoms with Gasteiger partial charge in [0.05, 0.1) is 19.6 Å². The maximum atomic E-state index is 12.2. The molecule has 118 valence electrons. The molecule has 1 aliphatic heterocycles. The average Bonchev–Trinajstić information content (AvgIpc) is 2.40. The summed E-state index contributed by atoms with van der Waals surface area (Å²) < 4.78 is 5.15. The molecule has 0 radical (unpaired) electrons. The molecule has 0 aromatic carbocycles. The molecule has 4 N–H and O–H groups in total. The minimum Gasteiger partial charge on any atom is -0.481 e. The molecule has 1 saturated carbocycles. The van der Waals surface area contributed by atoms with E-state index < -0.39 is 23.9 Å². The van der Waals surface area contributed by atoms with Crippen LogP contribution in [0.3, 0.4) is 0 Å². The van der Waals surface area contributed by atoms with Gasteiger partial charge in [0, 0.05) is 13.1 Å². The highest BCUT2D eigenvalue weighted by molar-refractivity contribution is 5.86. The van der Waals surface area contributed by atoms with Gasteiger partial charge in [-0.25, -0.2) is 4.79 Å². The average molecular weight is 299 g/mol. The Morgan fingerprint density at radius 1 is 1.38 bits per heavy atom. The fraction of sp³-hybridized carbons (Fsp3) is 0.769. The third-order valence-electron chi connectivity index (χ3n) is 4.27. The summed E-state index contributed by atoms with van der Waals surface area (Å²) in [4.78, 5) is 35.8. The quantitative estimate of drug-likeness (QED) is 0.633. The normalized spacial score (nSPS) is 24.0. The lowest BCUT2D eigenvalue weighted by Gasteiger charge is -2.42. The number of ether oxygens (including phenoxy) is 1. The maximum absolute atomic E-state index is 12.2. The molecule has 2 aliphatic rings. The van der Waals surface area contributed by atoms with Crippen LogP contribution in [0.25, 0.3) is 0 Å². The van der Waals surface area contributed by atoms with Crippen LogP contribution < -0.4 is 11.1 Å². The maximum Gasteiger partial charge on any atom is 0.318 e. The molecule has 1 aliphatic carbocycles. The first-order chi connectivity index (χ1) is 9.93. The molecule has 8 heteroatoms. The van der Waals surface area contributed by atoms with E-state index in [0.29, 0.717) is 19.7 Å². The fourth-order valence-corrected chi connectivity index (χ4v) is 2.86. The van der Waals surface area contributed by atoms with Crippen molar-refractivity contribution in [3.8, 4) is 0 Å². The second kappa shape index (κ2) is 6.30. The number of amides is 3. The van der Waals surface area contributed by atoms with Crippen LogP contribution in [-0.4, -0.2) is 60.3 Å². The van der Waals surface area contributed by atoms with E-state index in [-0.39, 0.29) is 18.4 Å². The summed E-state index contributed by atoms with van der Waals surface area (Å²) in [6.45, 7) is 1.06. The molecule has 1 heterocycles. The molecule has 21 heavy (non-hydrogen) atoms. The van der Waals surface area contributed by atoms with Gasteiger partial charge < -0.3 is 25.8 Å². The summed E-state index contributed by atoms with van der Waals surface area (Å²) in [5, 5.41) is 11.7. The Balaban J connectivity index is 1.91.